The van der Waals surface area contributed by atoms with Gasteiger partial charge in [-0.25, -0.2) is 9.98 Å². The number of fused-ring (bicyclic) bond motifs is 1. The molecule has 0 unspecified atom stereocenters. The topological polar surface area (TPSA) is 66.7 Å². The molecule has 1 aromatic heterocycles. The van der Waals surface area contributed by atoms with Crippen LogP contribution in [0, 0.1) is 6.92 Å². The Labute approximate surface area is 174 Å². The van der Waals surface area contributed by atoms with Gasteiger partial charge in [-0.15, -0.1) is 11.8 Å². The first-order valence-corrected chi connectivity index (χ1v) is 10.3. The molecule has 6 heteroatoms. The van der Waals surface area contributed by atoms with Gasteiger partial charge >= 0.3 is 0 Å². The molecule has 5 nitrogen and oxygen atoms in total. The summed E-state index contributed by atoms with van der Waals surface area (Å²) in [6.07, 6.45) is 2.29. The highest BCUT2D eigenvalue weighted by Gasteiger charge is 2.17. The summed E-state index contributed by atoms with van der Waals surface area (Å²) in [5.74, 6) is 0.222. The van der Waals surface area contributed by atoms with Crippen molar-refractivity contribution in [3.05, 3.63) is 84.2 Å². The Morgan fingerprint density at radius 1 is 0.966 bits per heavy atom. The van der Waals surface area contributed by atoms with Crippen molar-refractivity contribution in [1.29, 1.82) is 0 Å². The minimum atomic E-state index is -0.0598. The molecule has 0 spiro atoms. The third kappa shape index (κ3) is 4.97. The number of nitrogens with zero attached hydrogens (tertiary/aromatic N) is 3. The van der Waals surface area contributed by atoms with Crippen LogP contribution in [0.4, 0.5) is 17.1 Å². The Kier molecular flexibility index (Phi) is 5.81. The zero-order chi connectivity index (χ0) is 20.1. The molecule has 0 saturated heterocycles. The highest BCUT2D eigenvalue weighted by atomic mass is 32.2. The predicted octanol–water partition coefficient (Wildman–Crippen LogP) is 5.32. The van der Waals surface area contributed by atoms with Crippen LogP contribution < -0.4 is 5.32 Å². The van der Waals surface area contributed by atoms with Crippen LogP contribution in [0.1, 0.15) is 17.7 Å². The SMILES string of the molecule is Cc1ccc(NC(=O)CSC2=Nc3ccccc3N=C(c3ccccn3)C2)cc1. The monoisotopic (exact) mass is 400 g/mol. The number of anilines is 1. The van der Waals surface area contributed by atoms with Gasteiger partial charge in [0.25, 0.3) is 0 Å². The maximum atomic E-state index is 12.4. The average Bonchev–Trinajstić information content (AvgIpc) is 2.94. The van der Waals surface area contributed by atoms with Gasteiger partial charge in [0.2, 0.25) is 5.91 Å². The fourth-order valence-corrected chi connectivity index (χ4v) is 3.67. The molecule has 0 fully saturated rings. The van der Waals surface area contributed by atoms with E-state index in [4.69, 9.17) is 9.98 Å². The molecule has 144 valence electrons. The fraction of sp³-hybridized carbons (Fsp3) is 0.130. The summed E-state index contributed by atoms with van der Waals surface area (Å²) < 4.78 is 0. The Balaban J connectivity index is 1.51. The van der Waals surface area contributed by atoms with Gasteiger partial charge in [0.05, 0.1) is 33.6 Å². The number of hydrogen-bond donors (Lipinski definition) is 1. The van der Waals surface area contributed by atoms with Crippen molar-refractivity contribution >= 4 is 45.5 Å². The van der Waals surface area contributed by atoms with Gasteiger partial charge in [0, 0.05) is 18.3 Å². The molecule has 29 heavy (non-hydrogen) atoms. The average molecular weight is 401 g/mol. The smallest absolute Gasteiger partial charge is 0.234 e. The molecule has 4 rings (SSSR count). The number of para-hydroxylation sites is 2. The molecule has 3 aromatic rings. The Bertz CT molecular complexity index is 1080. The van der Waals surface area contributed by atoms with E-state index in [1.165, 1.54) is 11.8 Å². The third-order valence-corrected chi connectivity index (χ3v) is 5.34. The number of amides is 1. The van der Waals surface area contributed by atoms with Crippen molar-refractivity contribution < 1.29 is 4.79 Å². The van der Waals surface area contributed by atoms with Crippen LogP contribution in [-0.4, -0.2) is 27.4 Å². The lowest BCUT2D eigenvalue weighted by molar-refractivity contribution is -0.113. The van der Waals surface area contributed by atoms with Gasteiger partial charge in [0.15, 0.2) is 0 Å². The van der Waals surface area contributed by atoms with Crippen LogP contribution in [-0.2, 0) is 4.79 Å². The van der Waals surface area contributed by atoms with E-state index in [1.54, 1.807) is 6.20 Å². The second-order valence-corrected chi connectivity index (χ2v) is 7.70. The van der Waals surface area contributed by atoms with Crippen molar-refractivity contribution in [2.24, 2.45) is 9.98 Å². The summed E-state index contributed by atoms with van der Waals surface area (Å²) in [6.45, 7) is 2.02. The first-order chi connectivity index (χ1) is 14.2. The van der Waals surface area contributed by atoms with Crippen LogP contribution in [0.25, 0.3) is 0 Å². The second-order valence-electron chi connectivity index (χ2n) is 6.65. The lowest BCUT2D eigenvalue weighted by atomic mass is 10.2. The fourth-order valence-electron chi connectivity index (χ4n) is 2.90. The molecule has 0 bridgehead atoms. The number of pyridine rings is 1. The quantitative estimate of drug-likeness (QED) is 0.645. The number of nitrogens with one attached hydrogen (secondary N) is 1. The summed E-state index contributed by atoms with van der Waals surface area (Å²) in [6, 6.07) is 21.3. The highest BCUT2D eigenvalue weighted by Crippen LogP contribution is 2.33. The summed E-state index contributed by atoms with van der Waals surface area (Å²) in [4.78, 5) is 26.4. The van der Waals surface area contributed by atoms with E-state index < -0.39 is 0 Å². The van der Waals surface area contributed by atoms with Gasteiger partial charge in [-0.1, -0.05) is 35.9 Å². The maximum Gasteiger partial charge on any atom is 0.234 e. The highest BCUT2D eigenvalue weighted by molar-refractivity contribution is 8.14. The standard InChI is InChI=1S/C23H20N4OS/c1-16-9-11-17(12-10-16)25-22(28)15-29-23-14-21(18-6-4-5-13-24-18)26-19-7-2-3-8-20(19)27-23/h2-13H,14-15H2,1H3,(H,25,28). The molecular weight excluding hydrogens is 380 g/mol. The van der Waals surface area contributed by atoms with E-state index in [1.807, 2.05) is 73.7 Å². The van der Waals surface area contributed by atoms with Crippen LogP contribution in [0.15, 0.2) is 82.9 Å². The molecule has 2 heterocycles. The lowest BCUT2D eigenvalue weighted by Crippen LogP contribution is -2.16. The van der Waals surface area contributed by atoms with Gasteiger partial charge in [-0.3, -0.25) is 9.78 Å². The van der Waals surface area contributed by atoms with Crippen molar-refractivity contribution in [2.45, 2.75) is 13.3 Å². The number of carbonyl (C=O) groups excluding carboxylic acids is 1. The number of carbonyl (C=O) groups is 1. The number of rotatable bonds is 4. The van der Waals surface area contributed by atoms with Gasteiger partial charge in [-0.2, -0.15) is 0 Å². The van der Waals surface area contributed by atoms with Crippen molar-refractivity contribution in [1.82, 2.24) is 4.98 Å². The molecular formula is C23H20N4OS. The zero-order valence-electron chi connectivity index (χ0n) is 16.0. The minimum Gasteiger partial charge on any atom is -0.325 e. The minimum absolute atomic E-state index is 0.0598. The van der Waals surface area contributed by atoms with Crippen LogP contribution in [0.2, 0.25) is 0 Å². The largest absolute Gasteiger partial charge is 0.325 e. The first kappa shape index (κ1) is 19.1. The van der Waals surface area contributed by atoms with Crippen molar-refractivity contribution in [2.75, 3.05) is 11.1 Å². The van der Waals surface area contributed by atoms with E-state index in [2.05, 4.69) is 10.3 Å². The van der Waals surface area contributed by atoms with Gasteiger partial charge < -0.3 is 5.32 Å². The van der Waals surface area contributed by atoms with Gasteiger partial charge in [-0.05, 0) is 43.3 Å². The number of hydrogen-bond acceptors (Lipinski definition) is 5. The Hall–Kier alpha value is -3.25. The Morgan fingerprint density at radius 2 is 1.69 bits per heavy atom. The summed E-state index contributed by atoms with van der Waals surface area (Å²) in [5, 5.41) is 3.77. The zero-order valence-corrected chi connectivity index (χ0v) is 16.8. The van der Waals surface area contributed by atoms with Crippen LogP contribution in [0.5, 0.6) is 0 Å². The van der Waals surface area contributed by atoms with E-state index in [0.717, 1.165) is 39.1 Å². The molecule has 0 aliphatic carbocycles. The van der Waals surface area contributed by atoms with Crippen LogP contribution in [0.3, 0.4) is 0 Å². The van der Waals surface area contributed by atoms with E-state index in [-0.39, 0.29) is 11.7 Å². The number of aliphatic imine (C=N–C) groups is 2. The number of aromatic nitrogens is 1. The molecule has 1 amide bonds. The third-order valence-electron chi connectivity index (χ3n) is 4.37. The van der Waals surface area contributed by atoms with E-state index in [0.29, 0.717) is 6.42 Å². The maximum absolute atomic E-state index is 12.4. The number of aryl methyl sites for hydroxylation is 1. The molecule has 0 radical (unpaired) electrons. The normalized spacial score (nSPS) is 13.0. The number of benzene rings is 2. The molecule has 2 aromatic carbocycles. The Morgan fingerprint density at radius 3 is 2.41 bits per heavy atom. The van der Waals surface area contributed by atoms with Crippen molar-refractivity contribution in [3.8, 4) is 0 Å². The summed E-state index contributed by atoms with van der Waals surface area (Å²) in [5.41, 5.74) is 5.24. The molecule has 1 aliphatic heterocycles. The summed E-state index contributed by atoms with van der Waals surface area (Å²) in [7, 11) is 0. The molecule has 1 N–H and O–H groups in total. The molecule has 0 saturated carbocycles. The van der Waals surface area contributed by atoms with E-state index >= 15 is 0 Å². The van der Waals surface area contributed by atoms with Crippen LogP contribution >= 0.6 is 11.8 Å². The summed E-state index contributed by atoms with van der Waals surface area (Å²) >= 11 is 1.43. The van der Waals surface area contributed by atoms with Crippen molar-refractivity contribution in [3.63, 3.8) is 0 Å². The van der Waals surface area contributed by atoms with Gasteiger partial charge in [0.1, 0.15) is 0 Å². The predicted molar refractivity (Wildman–Crippen MR) is 121 cm³/mol. The van der Waals surface area contributed by atoms with E-state index in [9.17, 15) is 4.79 Å². The molecule has 0 atom stereocenters. The lowest BCUT2D eigenvalue weighted by Gasteiger charge is -2.08. The second kappa shape index (κ2) is 8.84. The number of thioether (sulfide) groups is 1. The molecule has 1 aliphatic rings. The first-order valence-electron chi connectivity index (χ1n) is 9.32.